The van der Waals surface area contributed by atoms with Crippen LogP contribution >= 0.6 is 10.8 Å². The van der Waals surface area contributed by atoms with Gasteiger partial charge in [0.15, 0.2) is 9.15 Å². The summed E-state index contributed by atoms with van der Waals surface area (Å²) in [7, 11) is -4.57. The molecule has 5 nitrogen and oxygen atoms in total. The first-order chi connectivity index (χ1) is 5.88. The fourth-order valence-corrected chi connectivity index (χ4v) is 2.28. The normalized spacial score (nSPS) is 10.6. The van der Waals surface area contributed by atoms with Crippen LogP contribution in [0.15, 0.2) is 23.1 Å². The first-order valence-electron chi connectivity index (χ1n) is 3.06. The van der Waals surface area contributed by atoms with E-state index < -0.39 is 9.15 Å². The van der Waals surface area contributed by atoms with E-state index in [4.69, 9.17) is 10.2 Å². The molecule has 1 aromatic carbocycles. The maximum absolute atomic E-state index is 10.3. The zero-order valence-electron chi connectivity index (χ0n) is 7.17. The van der Waals surface area contributed by atoms with E-state index in [1.54, 1.807) is 0 Å². The number of rotatable bonds is 2. The van der Waals surface area contributed by atoms with Crippen molar-refractivity contribution in [2.45, 2.75) is 4.90 Å². The molecule has 72 valence electrons. The van der Waals surface area contributed by atoms with Crippen LogP contribution in [0.5, 0.6) is 11.5 Å². The standard InChI is InChI=1S/C6H6O5S2.Na/c7-4-1-2-5(8)6(3-4)12-13(9,10)11;/h1-3,7-8H,(H,9,10,11);/q;+1/p-1. The summed E-state index contributed by atoms with van der Waals surface area (Å²) >= 11 is 0. The molecule has 1 aromatic rings. The van der Waals surface area contributed by atoms with Crippen molar-refractivity contribution >= 4 is 19.9 Å². The monoisotopic (exact) mass is 244 g/mol. The molecule has 1 rings (SSSR count). The Labute approximate surface area is 107 Å². The van der Waals surface area contributed by atoms with Gasteiger partial charge in [0.2, 0.25) is 0 Å². The fourth-order valence-electron chi connectivity index (χ4n) is 0.680. The van der Waals surface area contributed by atoms with Crippen LogP contribution in [-0.4, -0.2) is 23.2 Å². The van der Waals surface area contributed by atoms with Gasteiger partial charge in [0, 0.05) is 0 Å². The number of hydrogen-bond acceptors (Lipinski definition) is 6. The summed E-state index contributed by atoms with van der Waals surface area (Å²) < 4.78 is 30.8. The third-order valence-electron chi connectivity index (χ3n) is 1.14. The minimum absolute atomic E-state index is 0. The molecule has 0 atom stereocenters. The molecule has 0 aliphatic heterocycles. The smallest absolute Gasteiger partial charge is 0.739 e. The van der Waals surface area contributed by atoms with Gasteiger partial charge < -0.3 is 14.8 Å². The molecule has 0 saturated heterocycles. The number of aromatic hydroxyl groups is 2. The van der Waals surface area contributed by atoms with E-state index in [0.717, 1.165) is 12.1 Å². The van der Waals surface area contributed by atoms with E-state index in [0.29, 0.717) is 0 Å². The fraction of sp³-hybridized carbons (Fsp3) is 0. The second kappa shape index (κ2) is 5.24. The molecule has 14 heavy (non-hydrogen) atoms. The topological polar surface area (TPSA) is 97.7 Å². The average Bonchev–Trinajstić information content (AvgIpc) is 1.94. The summed E-state index contributed by atoms with van der Waals surface area (Å²) in [4.78, 5) is -0.185. The SMILES string of the molecule is O=S(=O)([O-])Sc1cc(O)ccc1O.[Na+]. The van der Waals surface area contributed by atoms with Crippen LogP contribution in [0, 0.1) is 0 Å². The summed E-state index contributed by atoms with van der Waals surface area (Å²) in [6.07, 6.45) is 0. The van der Waals surface area contributed by atoms with Crippen LogP contribution in [0.1, 0.15) is 0 Å². The third kappa shape index (κ3) is 4.54. The average molecular weight is 244 g/mol. The molecule has 0 saturated carbocycles. The quantitative estimate of drug-likeness (QED) is 0.262. The zero-order valence-corrected chi connectivity index (χ0v) is 10.8. The van der Waals surface area contributed by atoms with Gasteiger partial charge in [-0.15, -0.1) is 0 Å². The Morgan fingerprint density at radius 1 is 1.29 bits per heavy atom. The molecule has 0 heterocycles. The third-order valence-corrected chi connectivity index (χ3v) is 3.00. The first-order valence-corrected chi connectivity index (χ1v) is 5.80. The largest absolute Gasteiger partial charge is 1.00 e. The number of benzene rings is 1. The van der Waals surface area contributed by atoms with Gasteiger partial charge in [0.25, 0.3) is 0 Å². The van der Waals surface area contributed by atoms with E-state index in [9.17, 15) is 13.0 Å². The molecule has 0 unspecified atom stereocenters. The molecule has 0 fully saturated rings. The van der Waals surface area contributed by atoms with Crippen LogP contribution in [0.2, 0.25) is 0 Å². The van der Waals surface area contributed by atoms with Gasteiger partial charge in [0.1, 0.15) is 11.5 Å². The predicted molar refractivity (Wildman–Crippen MR) is 45.3 cm³/mol. The van der Waals surface area contributed by atoms with Crippen molar-refractivity contribution in [2.24, 2.45) is 0 Å². The molecular formula is C6H5NaO5S2. The number of phenols is 2. The molecule has 0 radical (unpaired) electrons. The van der Waals surface area contributed by atoms with E-state index in [1.807, 2.05) is 0 Å². The van der Waals surface area contributed by atoms with E-state index in [-0.39, 0.29) is 56.7 Å². The minimum atomic E-state index is -4.52. The summed E-state index contributed by atoms with van der Waals surface area (Å²) in [5, 5.41) is 18.0. The van der Waals surface area contributed by atoms with Crippen molar-refractivity contribution < 1.29 is 52.7 Å². The molecule has 0 bridgehead atoms. The van der Waals surface area contributed by atoms with Crippen LogP contribution in [0.4, 0.5) is 0 Å². The van der Waals surface area contributed by atoms with Crippen molar-refractivity contribution in [3.8, 4) is 11.5 Å². The van der Waals surface area contributed by atoms with Crippen LogP contribution in [0.3, 0.4) is 0 Å². The van der Waals surface area contributed by atoms with Gasteiger partial charge in [-0.3, -0.25) is 0 Å². The second-order valence-corrected chi connectivity index (χ2v) is 5.29. The van der Waals surface area contributed by atoms with E-state index in [2.05, 4.69) is 0 Å². The molecule has 0 aliphatic carbocycles. The van der Waals surface area contributed by atoms with Crippen molar-refractivity contribution in [3.63, 3.8) is 0 Å². The van der Waals surface area contributed by atoms with E-state index in [1.165, 1.54) is 6.07 Å². The molecular weight excluding hydrogens is 239 g/mol. The second-order valence-electron chi connectivity index (χ2n) is 2.14. The minimum Gasteiger partial charge on any atom is -0.739 e. The van der Waals surface area contributed by atoms with Crippen LogP contribution < -0.4 is 29.6 Å². The molecule has 8 heteroatoms. The van der Waals surface area contributed by atoms with Crippen LogP contribution in [-0.2, 0) is 9.15 Å². The van der Waals surface area contributed by atoms with Gasteiger partial charge in [-0.2, -0.15) is 0 Å². The zero-order chi connectivity index (χ0) is 10.1. The maximum atomic E-state index is 10.3. The Balaban J connectivity index is 0.00000169. The summed E-state index contributed by atoms with van der Waals surface area (Å²) in [5.74, 6) is -0.578. The van der Waals surface area contributed by atoms with Crippen molar-refractivity contribution in [1.29, 1.82) is 0 Å². The Hall–Kier alpha value is 0.0800. The van der Waals surface area contributed by atoms with Gasteiger partial charge >= 0.3 is 29.6 Å². The van der Waals surface area contributed by atoms with Crippen molar-refractivity contribution in [1.82, 2.24) is 0 Å². The first kappa shape index (κ1) is 14.1. The van der Waals surface area contributed by atoms with Crippen LogP contribution in [0.25, 0.3) is 0 Å². The molecule has 0 spiro atoms. The number of hydrogen-bond donors (Lipinski definition) is 2. The van der Waals surface area contributed by atoms with Gasteiger partial charge in [-0.05, 0) is 29.0 Å². The van der Waals surface area contributed by atoms with Crippen molar-refractivity contribution in [2.75, 3.05) is 0 Å². The molecule has 2 N–H and O–H groups in total. The summed E-state index contributed by atoms with van der Waals surface area (Å²) in [6.45, 7) is 0. The summed E-state index contributed by atoms with van der Waals surface area (Å²) in [6, 6.07) is 3.27. The van der Waals surface area contributed by atoms with E-state index >= 15 is 0 Å². The summed E-state index contributed by atoms with van der Waals surface area (Å²) in [5.41, 5.74) is 0. The van der Waals surface area contributed by atoms with Gasteiger partial charge in [-0.25, -0.2) is 8.42 Å². The predicted octanol–water partition coefficient (Wildman–Crippen LogP) is -2.35. The van der Waals surface area contributed by atoms with Gasteiger partial charge in [0.05, 0.1) is 4.90 Å². The Kier molecular flexibility index (Phi) is 5.27. The molecule has 0 aromatic heterocycles. The Morgan fingerprint density at radius 2 is 1.86 bits per heavy atom. The molecule has 0 aliphatic rings. The maximum Gasteiger partial charge on any atom is 1.00 e. The Morgan fingerprint density at radius 3 is 2.36 bits per heavy atom. The Bertz CT molecular complexity index is 416. The van der Waals surface area contributed by atoms with Gasteiger partial charge in [-0.1, -0.05) is 0 Å². The van der Waals surface area contributed by atoms with Crippen molar-refractivity contribution in [3.05, 3.63) is 18.2 Å². The molecule has 0 amide bonds. The number of phenolic OH excluding ortho intramolecular Hbond substituents is 2.